The fourth-order valence-electron chi connectivity index (χ4n) is 1.95. The molecule has 3 heteroatoms. The van der Waals surface area contributed by atoms with Crippen molar-refractivity contribution < 1.29 is 0 Å². The van der Waals surface area contributed by atoms with Gasteiger partial charge in [0.25, 0.3) is 0 Å². The van der Waals surface area contributed by atoms with Crippen molar-refractivity contribution in [1.82, 2.24) is 4.90 Å². The van der Waals surface area contributed by atoms with Gasteiger partial charge in [0, 0.05) is 18.9 Å². The lowest BCUT2D eigenvalue weighted by atomic mass is 9.99. The topological polar surface area (TPSA) is 32.7 Å². The Balaban J connectivity index is 2.29. The average Bonchev–Trinajstić information content (AvgIpc) is 2.37. The molecule has 2 rings (SSSR count). The van der Waals surface area contributed by atoms with Gasteiger partial charge in [0.2, 0.25) is 0 Å². The summed E-state index contributed by atoms with van der Waals surface area (Å²) in [4.78, 5) is 12.2. The number of likely N-dealkylation sites (N-methyl/N-ethyl adjacent to an activating group) is 1. The first kappa shape index (κ1) is 12.3. The maximum atomic E-state index is 10.2. The molecular weight excluding hydrogens is 224 g/mol. The second-order valence-corrected chi connectivity index (χ2v) is 4.45. The molecule has 1 aliphatic rings. The number of hydrogen-bond donors (Lipinski definition) is 0. The van der Waals surface area contributed by atoms with Crippen LogP contribution in [0.4, 0.5) is 0 Å². The molecule has 0 unspecified atom stereocenters. The van der Waals surface area contributed by atoms with Crippen molar-refractivity contribution in [3.63, 3.8) is 0 Å². The zero-order valence-corrected chi connectivity index (χ0v) is 10.7. The summed E-state index contributed by atoms with van der Waals surface area (Å²) in [6.07, 6.45) is 4.18. The van der Waals surface area contributed by atoms with Crippen molar-refractivity contribution >= 4 is 5.57 Å². The van der Waals surface area contributed by atoms with Crippen molar-refractivity contribution in [2.45, 2.75) is 13.5 Å². The van der Waals surface area contributed by atoms with Gasteiger partial charge in [0.1, 0.15) is 6.54 Å². The number of benzene rings is 1. The van der Waals surface area contributed by atoms with E-state index in [0.717, 1.165) is 28.0 Å². The minimum atomic E-state index is 0.227. The zero-order valence-electron chi connectivity index (χ0n) is 10.7. The van der Waals surface area contributed by atoms with Crippen LogP contribution in [-0.4, -0.2) is 11.9 Å². The van der Waals surface area contributed by atoms with Gasteiger partial charge >= 0.3 is 0 Å². The van der Waals surface area contributed by atoms with Crippen LogP contribution in [-0.2, 0) is 6.54 Å². The third kappa shape index (κ3) is 2.40. The van der Waals surface area contributed by atoms with Gasteiger partial charge in [-0.2, -0.15) is 4.91 Å². The quantitative estimate of drug-likeness (QED) is 0.755. The Kier molecular flexibility index (Phi) is 3.42. The monoisotopic (exact) mass is 240 g/mol. The molecular formula is C15H16N2O. The van der Waals surface area contributed by atoms with Crippen LogP contribution in [0.5, 0.6) is 0 Å². The summed E-state index contributed by atoms with van der Waals surface area (Å²) >= 11 is 0. The smallest absolute Gasteiger partial charge is 0.106 e. The minimum Gasteiger partial charge on any atom is -0.351 e. The largest absolute Gasteiger partial charge is 0.351 e. The van der Waals surface area contributed by atoms with E-state index in [1.807, 2.05) is 36.2 Å². The first-order valence-corrected chi connectivity index (χ1v) is 5.82. The molecule has 0 saturated heterocycles. The Morgan fingerprint density at radius 2 is 1.94 bits per heavy atom. The minimum absolute atomic E-state index is 0.227. The molecule has 0 bridgehead atoms. The van der Waals surface area contributed by atoms with Gasteiger partial charge in [-0.25, -0.2) is 0 Å². The van der Waals surface area contributed by atoms with E-state index < -0.39 is 0 Å². The molecule has 0 saturated carbocycles. The van der Waals surface area contributed by atoms with Crippen molar-refractivity contribution in [1.29, 1.82) is 0 Å². The highest BCUT2D eigenvalue weighted by Gasteiger charge is 2.11. The number of nitroso groups, excluding NO2 is 1. The molecule has 0 radical (unpaired) electrons. The normalized spacial score (nSPS) is 15.2. The Hall–Kier alpha value is -2.16. The van der Waals surface area contributed by atoms with Crippen LogP contribution < -0.4 is 0 Å². The number of nitrogens with zero attached hydrogens (tertiary/aromatic N) is 2. The molecule has 0 amide bonds. The van der Waals surface area contributed by atoms with E-state index in [2.05, 4.69) is 31.0 Å². The van der Waals surface area contributed by atoms with E-state index in [1.54, 1.807) is 0 Å². The van der Waals surface area contributed by atoms with E-state index in [0.29, 0.717) is 0 Å². The Morgan fingerprint density at radius 1 is 1.28 bits per heavy atom. The van der Waals surface area contributed by atoms with Crippen molar-refractivity contribution in [3.8, 4) is 0 Å². The van der Waals surface area contributed by atoms with E-state index in [-0.39, 0.29) is 6.54 Å². The molecule has 1 aliphatic heterocycles. The van der Waals surface area contributed by atoms with Crippen LogP contribution >= 0.6 is 0 Å². The Morgan fingerprint density at radius 3 is 2.50 bits per heavy atom. The van der Waals surface area contributed by atoms with E-state index in [4.69, 9.17) is 0 Å². The molecule has 1 aromatic carbocycles. The highest BCUT2D eigenvalue weighted by Crippen LogP contribution is 2.27. The van der Waals surface area contributed by atoms with Gasteiger partial charge in [-0.3, -0.25) is 0 Å². The highest BCUT2D eigenvalue weighted by atomic mass is 16.3. The van der Waals surface area contributed by atoms with Crippen LogP contribution in [0, 0.1) is 4.91 Å². The van der Waals surface area contributed by atoms with Crippen LogP contribution in [0.2, 0.25) is 0 Å². The first-order chi connectivity index (χ1) is 8.61. The van der Waals surface area contributed by atoms with Gasteiger partial charge < -0.3 is 4.90 Å². The Bertz CT molecular complexity index is 538. The summed E-state index contributed by atoms with van der Waals surface area (Å²) in [5, 5.41) is 2.89. The third-order valence-corrected chi connectivity index (χ3v) is 3.12. The molecule has 0 aliphatic carbocycles. The lowest BCUT2D eigenvalue weighted by molar-refractivity contribution is 0.579. The fourth-order valence-corrected chi connectivity index (χ4v) is 1.95. The molecule has 1 aromatic rings. The van der Waals surface area contributed by atoms with Crippen molar-refractivity contribution in [2.24, 2.45) is 5.18 Å². The Labute approximate surface area is 107 Å². The molecule has 0 atom stereocenters. The molecule has 0 fully saturated rings. The lowest BCUT2D eigenvalue weighted by Gasteiger charge is -2.24. The second-order valence-electron chi connectivity index (χ2n) is 4.45. The first-order valence-electron chi connectivity index (χ1n) is 5.82. The fraction of sp³-hybridized carbons (Fsp3) is 0.200. The van der Waals surface area contributed by atoms with Gasteiger partial charge in [-0.1, -0.05) is 36.0 Å². The van der Waals surface area contributed by atoms with Gasteiger partial charge in [-0.05, 0) is 35.3 Å². The number of rotatable bonds is 3. The predicted molar refractivity (Wildman–Crippen MR) is 74.6 cm³/mol. The maximum Gasteiger partial charge on any atom is 0.106 e. The summed E-state index contributed by atoms with van der Waals surface area (Å²) in [5.74, 6) is 0. The summed E-state index contributed by atoms with van der Waals surface area (Å²) in [6.45, 7) is 6.29. The van der Waals surface area contributed by atoms with Crippen molar-refractivity contribution in [3.05, 3.63) is 70.4 Å². The summed E-state index contributed by atoms with van der Waals surface area (Å²) in [5.41, 5.74) is 5.38. The summed E-state index contributed by atoms with van der Waals surface area (Å²) in [6, 6.07) is 7.89. The number of allylic oxidation sites excluding steroid dienone is 3. The van der Waals surface area contributed by atoms with Crippen molar-refractivity contribution in [2.75, 3.05) is 7.05 Å². The van der Waals surface area contributed by atoms with Gasteiger partial charge in [-0.15, -0.1) is 0 Å². The van der Waals surface area contributed by atoms with Gasteiger partial charge in [0.15, 0.2) is 0 Å². The molecule has 1 heterocycles. The predicted octanol–water partition coefficient (Wildman–Crippen LogP) is 3.70. The zero-order chi connectivity index (χ0) is 13.1. The third-order valence-electron chi connectivity index (χ3n) is 3.12. The molecule has 0 aromatic heterocycles. The van der Waals surface area contributed by atoms with E-state index in [1.165, 1.54) is 0 Å². The van der Waals surface area contributed by atoms with Crippen LogP contribution in [0.3, 0.4) is 0 Å². The maximum absolute atomic E-state index is 10.2. The summed E-state index contributed by atoms with van der Waals surface area (Å²) < 4.78 is 0. The SMILES string of the molecule is C=C1C(C)=CC(c2ccc(CN=O)cc2)=CN1C. The molecule has 0 spiro atoms. The van der Waals surface area contributed by atoms with E-state index in [9.17, 15) is 4.91 Å². The van der Waals surface area contributed by atoms with E-state index >= 15 is 0 Å². The van der Waals surface area contributed by atoms with Crippen LogP contribution in [0.25, 0.3) is 5.57 Å². The van der Waals surface area contributed by atoms with Gasteiger partial charge in [0.05, 0.1) is 0 Å². The highest BCUT2D eigenvalue weighted by molar-refractivity contribution is 5.77. The van der Waals surface area contributed by atoms with Crippen LogP contribution in [0.1, 0.15) is 18.1 Å². The molecule has 3 nitrogen and oxygen atoms in total. The van der Waals surface area contributed by atoms with Crippen LogP contribution in [0.15, 0.2) is 59.6 Å². The second kappa shape index (κ2) is 5.00. The average molecular weight is 240 g/mol. The molecule has 92 valence electrons. The molecule has 18 heavy (non-hydrogen) atoms. The standard InChI is InChI=1S/C15H16N2O/c1-11-8-15(10-17(3)12(11)2)14-6-4-13(5-7-14)9-16-18/h4-8,10H,2,9H2,1,3H3. The summed E-state index contributed by atoms with van der Waals surface area (Å²) in [7, 11) is 1.99. The number of hydrogen-bond acceptors (Lipinski definition) is 3. The molecule has 0 N–H and O–H groups in total. The lowest BCUT2D eigenvalue weighted by Crippen LogP contribution is -2.14.